The Balaban J connectivity index is 1.67. The van der Waals surface area contributed by atoms with Crippen molar-refractivity contribution < 1.29 is 4.74 Å². The minimum absolute atomic E-state index is 0.644. The van der Waals surface area contributed by atoms with Gasteiger partial charge in [0, 0.05) is 25.8 Å². The van der Waals surface area contributed by atoms with Crippen LogP contribution in [0.5, 0.6) is 5.75 Å². The fraction of sp³-hybridized carbons (Fsp3) is 0.304. The number of hydrogen-bond donors (Lipinski definition) is 2. The van der Waals surface area contributed by atoms with Gasteiger partial charge in [0.15, 0.2) is 5.96 Å². The predicted molar refractivity (Wildman–Crippen MR) is 118 cm³/mol. The molecule has 0 unspecified atom stereocenters. The molecule has 0 aliphatic carbocycles. The van der Waals surface area contributed by atoms with Gasteiger partial charge in [0.25, 0.3) is 0 Å². The van der Waals surface area contributed by atoms with Crippen LogP contribution in [-0.2, 0) is 13.1 Å². The van der Waals surface area contributed by atoms with Crippen molar-refractivity contribution in [1.29, 1.82) is 0 Å². The highest BCUT2D eigenvalue weighted by Gasteiger charge is 2.09. The van der Waals surface area contributed by atoms with Crippen LogP contribution < -0.4 is 15.4 Å². The number of nitrogens with one attached hydrogen (secondary N) is 2. The zero-order chi connectivity index (χ0) is 20.8. The van der Waals surface area contributed by atoms with Gasteiger partial charge in [-0.25, -0.2) is 4.68 Å². The third kappa shape index (κ3) is 4.96. The van der Waals surface area contributed by atoms with Crippen molar-refractivity contribution in [2.75, 3.05) is 14.2 Å². The molecule has 6 heteroatoms. The van der Waals surface area contributed by atoms with Gasteiger partial charge in [-0.05, 0) is 55.7 Å². The summed E-state index contributed by atoms with van der Waals surface area (Å²) in [6.45, 7) is 7.42. The minimum Gasteiger partial charge on any atom is -0.496 e. The number of guanidine groups is 1. The smallest absolute Gasteiger partial charge is 0.191 e. The number of aliphatic imine (C=N–C) groups is 1. The van der Waals surface area contributed by atoms with Crippen LogP contribution in [0.25, 0.3) is 5.69 Å². The molecule has 0 spiro atoms. The molecule has 1 aromatic heterocycles. The van der Waals surface area contributed by atoms with E-state index < -0.39 is 0 Å². The molecule has 0 saturated heterocycles. The summed E-state index contributed by atoms with van der Waals surface area (Å²) in [5.41, 5.74) is 6.61. The Hall–Kier alpha value is -3.28. The molecule has 0 saturated carbocycles. The number of aryl methyl sites for hydroxylation is 3. The molecular formula is C23H29N5O. The first-order valence-electron chi connectivity index (χ1n) is 9.71. The number of methoxy groups -OCH3 is 1. The monoisotopic (exact) mass is 391 g/mol. The van der Waals surface area contributed by atoms with E-state index in [1.807, 2.05) is 36.7 Å². The summed E-state index contributed by atoms with van der Waals surface area (Å²) in [7, 11) is 3.47. The Kier molecular flexibility index (Phi) is 6.54. The van der Waals surface area contributed by atoms with E-state index >= 15 is 0 Å². The van der Waals surface area contributed by atoms with Gasteiger partial charge in [-0.3, -0.25) is 4.99 Å². The Labute approximate surface area is 172 Å². The summed E-state index contributed by atoms with van der Waals surface area (Å²) >= 11 is 0. The van der Waals surface area contributed by atoms with Gasteiger partial charge in [0.1, 0.15) is 5.75 Å². The van der Waals surface area contributed by atoms with Crippen LogP contribution in [-0.4, -0.2) is 29.9 Å². The Bertz CT molecular complexity index is 1010. The van der Waals surface area contributed by atoms with E-state index in [-0.39, 0.29) is 0 Å². The molecule has 3 aromatic rings. The molecule has 0 fully saturated rings. The average Bonchev–Trinajstić information content (AvgIpc) is 3.07. The molecule has 2 aromatic carbocycles. The Morgan fingerprint density at radius 1 is 1.03 bits per heavy atom. The van der Waals surface area contributed by atoms with Crippen LogP contribution >= 0.6 is 0 Å². The average molecular weight is 392 g/mol. The number of nitrogens with zero attached hydrogens (tertiary/aromatic N) is 3. The normalized spacial score (nSPS) is 11.4. The van der Waals surface area contributed by atoms with Crippen molar-refractivity contribution in [2.24, 2.45) is 4.99 Å². The third-order valence-corrected chi connectivity index (χ3v) is 4.83. The van der Waals surface area contributed by atoms with Crippen molar-refractivity contribution in [3.8, 4) is 11.4 Å². The number of rotatable bonds is 6. The fourth-order valence-electron chi connectivity index (χ4n) is 3.30. The summed E-state index contributed by atoms with van der Waals surface area (Å²) < 4.78 is 7.40. The van der Waals surface area contributed by atoms with Gasteiger partial charge in [0.2, 0.25) is 0 Å². The number of benzene rings is 2. The molecule has 29 heavy (non-hydrogen) atoms. The topological polar surface area (TPSA) is 63.5 Å². The van der Waals surface area contributed by atoms with Gasteiger partial charge in [-0.2, -0.15) is 5.10 Å². The van der Waals surface area contributed by atoms with E-state index in [0.29, 0.717) is 13.1 Å². The maximum atomic E-state index is 5.41. The first-order chi connectivity index (χ1) is 14.0. The number of para-hydroxylation sites is 1. The van der Waals surface area contributed by atoms with Crippen LogP contribution in [0.3, 0.4) is 0 Å². The van der Waals surface area contributed by atoms with Crippen LogP contribution in [0.2, 0.25) is 0 Å². The molecule has 152 valence electrons. The first kappa shape index (κ1) is 20.5. The molecule has 0 bridgehead atoms. The second-order valence-electron chi connectivity index (χ2n) is 7.05. The van der Waals surface area contributed by atoms with Crippen molar-refractivity contribution in [3.63, 3.8) is 0 Å². The molecule has 0 radical (unpaired) electrons. The summed E-state index contributed by atoms with van der Waals surface area (Å²) in [6, 6.07) is 16.6. The van der Waals surface area contributed by atoms with Crippen LogP contribution in [0.1, 0.15) is 28.1 Å². The van der Waals surface area contributed by atoms with E-state index in [1.165, 1.54) is 0 Å². The summed E-state index contributed by atoms with van der Waals surface area (Å²) in [6.07, 6.45) is 0. The second kappa shape index (κ2) is 9.28. The van der Waals surface area contributed by atoms with Gasteiger partial charge >= 0.3 is 0 Å². The van der Waals surface area contributed by atoms with Crippen molar-refractivity contribution in [1.82, 2.24) is 20.4 Å². The van der Waals surface area contributed by atoms with Crippen LogP contribution in [0.4, 0.5) is 0 Å². The zero-order valence-electron chi connectivity index (χ0n) is 17.8. The van der Waals surface area contributed by atoms with Gasteiger partial charge in [-0.1, -0.05) is 30.3 Å². The molecular weight excluding hydrogens is 362 g/mol. The van der Waals surface area contributed by atoms with Crippen molar-refractivity contribution in [3.05, 3.63) is 76.6 Å². The standard InChI is InChI=1S/C23H29N5O/c1-16-10-11-19(13-22(16)29-5)14-25-23(24-4)26-15-20-8-6-7-9-21(20)28-18(3)12-17(2)27-28/h6-13H,14-15H2,1-5H3,(H2,24,25,26). The molecule has 0 aliphatic heterocycles. The quantitative estimate of drug-likeness (QED) is 0.497. The predicted octanol–water partition coefficient (Wildman–Crippen LogP) is 3.67. The first-order valence-corrected chi connectivity index (χ1v) is 9.71. The Morgan fingerprint density at radius 2 is 1.79 bits per heavy atom. The van der Waals surface area contributed by atoms with Crippen molar-refractivity contribution >= 4 is 5.96 Å². The van der Waals surface area contributed by atoms with Crippen molar-refractivity contribution in [2.45, 2.75) is 33.9 Å². The largest absolute Gasteiger partial charge is 0.496 e. The van der Waals surface area contributed by atoms with E-state index in [2.05, 4.69) is 58.0 Å². The highest BCUT2D eigenvalue weighted by atomic mass is 16.5. The summed E-state index contributed by atoms with van der Waals surface area (Å²) in [5, 5.41) is 11.4. The maximum absolute atomic E-state index is 5.41. The summed E-state index contributed by atoms with van der Waals surface area (Å²) in [4.78, 5) is 4.34. The molecule has 6 nitrogen and oxygen atoms in total. The zero-order valence-corrected chi connectivity index (χ0v) is 17.8. The lowest BCUT2D eigenvalue weighted by atomic mass is 10.1. The molecule has 0 aliphatic rings. The molecule has 0 amide bonds. The lowest BCUT2D eigenvalue weighted by molar-refractivity contribution is 0.411. The lowest BCUT2D eigenvalue weighted by Crippen LogP contribution is -2.36. The summed E-state index contributed by atoms with van der Waals surface area (Å²) in [5.74, 6) is 1.64. The van der Waals surface area contributed by atoms with E-state index in [9.17, 15) is 0 Å². The van der Waals surface area contributed by atoms with Gasteiger partial charge < -0.3 is 15.4 Å². The fourth-order valence-corrected chi connectivity index (χ4v) is 3.30. The second-order valence-corrected chi connectivity index (χ2v) is 7.05. The SMILES string of the molecule is CN=C(NCc1ccc(C)c(OC)c1)NCc1ccccc1-n1nc(C)cc1C. The maximum Gasteiger partial charge on any atom is 0.191 e. The van der Waals surface area contributed by atoms with E-state index in [4.69, 9.17) is 4.74 Å². The van der Waals surface area contributed by atoms with Crippen LogP contribution in [0.15, 0.2) is 53.5 Å². The number of ether oxygens (including phenoxy) is 1. The van der Waals surface area contributed by atoms with E-state index in [1.54, 1.807) is 14.2 Å². The number of hydrogen-bond acceptors (Lipinski definition) is 3. The minimum atomic E-state index is 0.644. The number of aromatic nitrogens is 2. The lowest BCUT2D eigenvalue weighted by Gasteiger charge is -2.15. The van der Waals surface area contributed by atoms with Crippen LogP contribution in [0, 0.1) is 20.8 Å². The van der Waals surface area contributed by atoms with Gasteiger partial charge in [-0.15, -0.1) is 0 Å². The Morgan fingerprint density at radius 3 is 2.48 bits per heavy atom. The molecule has 3 rings (SSSR count). The third-order valence-electron chi connectivity index (χ3n) is 4.83. The van der Waals surface area contributed by atoms with E-state index in [0.717, 1.165) is 45.5 Å². The highest BCUT2D eigenvalue weighted by Crippen LogP contribution is 2.19. The molecule has 1 heterocycles. The van der Waals surface area contributed by atoms with Gasteiger partial charge in [0.05, 0.1) is 18.5 Å². The molecule has 0 atom stereocenters. The molecule has 2 N–H and O–H groups in total. The highest BCUT2D eigenvalue weighted by molar-refractivity contribution is 5.79.